The smallest absolute Gasteiger partial charge is 0.387 e. The third-order valence-corrected chi connectivity index (χ3v) is 5.21. The van der Waals surface area contributed by atoms with Gasteiger partial charge in [0.25, 0.3) is 0 Å². The number of piperidine rings is 1. The molecule has 6 nitrogen and oxygen atoms in total. The number of nitrogens with zero attached hydrogens (tertiary/aromatic N) is 2. The molecule has 9 heteroatoms. The minimum Gasteiger partial charge on any atom is -0.435 e. The minimum atomic E-state index is -2.80. The molecule has 0 bridgehead atoms. The zero-order valence-corrected chi connectivity index (χ0v) is 19.6. The van der Waals surface area contributed by atoms with Gasteiger partial charge in [0, 0.05) is 38.4 Å². The second kappa shape index (κ2) is 12.9. The van der Waals surface area contributed by atoms with E-state index in [1.54, 1.807) is 19.2 Å². The monoisotopic (exact) mass is 536 g/mol. The standard InChI is InChI=1S/C21H30F2N4O2.HI/c1-24-21(25-11-8-16-9-13-28-14-10-16)26-17-3-2-12-27(15-17)18-4-6-19(7-5-18)29-20(22)23;/h4-7,9,17,20H,2-3,8,10-15H2,1H3,(H2,24,25,26);1H. The predicted octanol–water partition coefficient (Wildman–Crippen LogP) is 3.78. The molecule has 2 aliphatic rings. The second-order valence-corrected chi connectivity index (χ2v) is 7.24. The fourth-order valence-electron chi connectivity index (χ4n) is 3.69. The number of nitrogens with one attached hydrogen (secondary N) is 2. The Hall–Kier alpha value is -1.62. The summed E-state index contributed by atoms with van der Waals surface area (Å²) in [4.78, 5) is 6.60. The molecule has 1 fully saturated rings. The number of hydrogen-bond acceptors (Lipinski definition) is 4. The Morgan fingerprint density at radius 3 is 2.80 bits per heavy atom. The third-order valence-electron chi connectivity index (χ3n) is 5.21. The van der Waals surface area contributed by atoms with Gasteiger partial charge in [0.15, 0.2) is 5.96 Å². The molecule has 2 heterocycles. The average molecular weight is 536 g/mol. The van der Waals surface area contributed by atoms with Crippen molar-refractivity contribution in [2.45, 2.75) is 38.3 Å². The summed E-state index contributed by atoms with van der Waals surface area (Å²) in [6.07, 6.45) is 6.28. The summed E-state index contributed by atoms with van der Waals surface area (Å²) >= 11 is 0. The Labute approximate surface area is 194 Å². The predicted molar refractivity (Wildman–Crippen MR) is 126 cm³/mol. The molecule has 1 aromatic carbocycles. The molecule has 1 saturated heterocycles. The van der Waals surface area contributed by atoms with Crippen LogP contribution in [0.15, 0.2) is 40.9 Å². The van der Waals surface area contributed by atoms with Crippen LogP contribution in [0.25, 0.3) is 0 Å². The van der Waals surface area contributed by atoms with E-state index in [1.807, 2.05) is 12.1 Å². The highest BCUT2D eigenvalue weighted by Crippen LogP contribution is 2.23. The van der Waals surface area contributed by atoms with Gasteiger partial charge in [0.1, 0.15) is 5.75 Å². The Morgan fingerprint density at radius 2 is 2.13 bits per heavy atom. The molecule has 1 atom stereocenters. The van der Waals surface area contributed by atoms with Crippen LogP contribution >= 0.6 is 24.0 Å². The summed E-state index contributed by atoms with van der Waals surface area (Å²) in [5.41, 5.74) is 2.44. The molecule has 0 aliphatic carbocycles. The lowest BCUT2D eigenvalue weighted by atomic mass is 10.0. The number of benzene rings is 1. The van der Waals surface area contributed by atoms with E-state index in [0.29, 0.717) is 0 Å². The first kappa shape index (κ1) is 24.6. The molecule has 1 aromatic rings. The first-order valence-electron chi connectivity index (χ1n) is 10.2. The maximum atomic E-state index is 12.3. The van der Waals surface area contributed by atoms with Gasteiger partial charge in [-0.3, -0.25) is 4.99 Å². The van der Waals surface area contributed by atoms with Crippen LogP contribution in [0.1, 0.15) is 25.7 Å². The van der Waals surface area contributed by atoms with Crippen molar-refractivity contribution in [3.63, 3.8) is 0 Å². The van der Waals surface area contributed by atoms with E-state index in [0.717, 1.165) is 70.2 Å². The normalized spacial score (nSPS) is 19.7. The highest BCUT2D eigenvalue weighted by atomic mass is 127. The third kappa shape index (κ3) is 7.90. The molecule has 0 spiro atoms. The second-order valence-electron chi connectivity index (χ2n) is 7.24. The molecular formula is C21H31F2IN4O2. The highest BCUT2D eigenvalue weighted by molar-refractivity contribution is 14.0. The van der Waals surface area contributed by atoms with Gasteiger partial charge in [-0.25, -0.2) is 0 Å². The van der Waals surface area contributed by atoms with Crippen molar-refractivity contribution >= 4 is 35.6 Å². The van der Waals surface area contributed by atoms with E-state index in [4.69, 9.17) is 4.74 Å². The molecular weight excluding hydrogens is 505 g/mol. The highest BCUT2D eigenvalue weighted by Gasteiger charge is 2.21. The van der Waals surface area contributed by atoms with Crippen molar-refractivity contribution < 1.29 is 18.3 Å². The van der Waals surface area contributed by atoms with Crippen LogP contribution in [0, 0.1) is 0 Å². The van der Waals surface area contributed by atoms with Gasteiger partial charge in [0.05, 0.1) is 13.2 Å². The van der Waals surface area contributed by atoms with Gasteiger partial charge in [0.2, 0.25) is 0 Å². The van der Waals surface area contributed by atoms with Crippen LogP contribution in [0.2, 0.25) is 0 Å². The molecule has 30 heavy (non-hydrogen) atoms. The Morgan fingerprint density at radius 1 is 1.33 bits per heavy atom. The SMILES string of the molecule is CN=C(NCCC1=CCOCC1)NC1CCCN(c2ccc(OC(F)F)cc2)C1.I. The van der Waals surface area contributed by atoms with E-state index in [-0.39, 0.29) is 35.8 Å². The van der Waals surface area contributed by atoms with E-state index in [1.165, 1.54) is 5.57 Å². The van der Waals surface area contributed by atoms with E-state index >= 15 is 0 Å². The van der Waals surface area contributed by atoms with Gasteiger partial charge in [-0.15, -0.1) is 24.0 Å². The maximum absolute atomic E-state index is 12.3. The number of halogens is 3. The van der Waals surface area contributed by atoms with Crippen LogP contribution in [0.3, 0.4) is 0 Å². The van der Waals surface area contributed by atoms with Crippen LogP contribution < -0.4 is 20.3 Å². The summed E-state index contributed by atoms with van der Waals surface area (Å²) in [6.45, 7) is 1.34. The summed E-state index contributed by atoms with van der Waals surface area (Å²) in [7, 11) is 1.78. The Kier molecular flexibility index (Phi) is 10.6. The van der Waals surface area contributed by atoms with Gasteiger partial charge in [-0.05, 0) is 49.9 Å². The summed E-state index contributed by atoms with van der Waals surface area (Å²) in [6, 6.07) is 7.10. The number of guanidine groups is 1. The first-order valence-corrected chi connectivity index (χ1v) is 10.2. The van der Waals surface area contributed by atoms with Crippen LogP contribution in [0.4, 0.5) is 14.5 Å². The largest absolute Gasteiger partial charge is 0.435 e. The minimum absolute atomic E-state index is 0. The van der Waals surface area contributed by atoms with E-state index < -0.39 is 6.61 Å². The lowest BCUT2D eigenvalue weighted by molar-refractivity contribution is -0.0498. The molecule has 1 unspecified atom stereocenters. The fourth-order valence-corrected chi connectivity index (χ4v) is 3.69. The van der Waals surface area contributed by atoms with Crippen molar-refractivity contribution in [2.24, 2.45) is 4.99 Å². The number of ether oxygens (including phenoxy) is 2. The zero-order valence-electron chi connectivity index (χ0n) is 17.3. The fraction of sp³-hybridized carbons (Fsp3) is 0.571. The molecule has 0 saturated carbocycles. The number of aliphatic imine (C=N–C) groups is 1. The summed E-state index contributed by atoms with van der Waals surface area (Å²) < 4.78 is 34.4. The van der Waals surface area contributed by atoms with Crippen LogP contribution in [-0.4, -0.2) is 58.5 Å². The lowest BCUT2D eigenvalue weighted by Crippen LogP contribution is -2.51. The van der Waals surface area contributed by atoms with Gasteiger partial charge in [-0.2, -0.15) is 8.78 Å². The van der Waals surface area contributed by atoms with Crippen LogP contribution in [-0.2, 0) is 4.74 Å². The van der Waals surface area contributed by atoms with Crippen molar-refractivity contribution in [2.75, 3.05) is 44.8 Å². The number of alkyl halides is 2. The van der Waals surface area contributed by atoms with Crippen molar-refractivity contribution in [1.82, 2.24) is 10.6 Å². The molecule has 0 radical (unpaired) electrons. The van der Waals surface area contributed by atoms with Gasteiger partial charge < -0.3 is 25.0 Å². The number of rotatable bonds is 7. The van der Waals surface area contributed by atoms with Crippen molar-refractivity contribution in [3.8, 4) is 5.75 Å². The van der Waals surface area contributed by atoms with E-state index in [9.17, 15) is 8.78 Å². The zero-order chi connectivity index (χ0) is 20.5. The van der Waals surface area contributed by atoms with Gasteiger partial charge >= 0.3 is 6.61 Å². The summed E-state index contributed by atoms with van der Waals surface area (Å²) in [5, 5.41) is 6.91. The van der Waals surface area contributed by atoms with Crippen molar-refractivity contribution in [1.29, 1.82) is 0 Å². The average Bonchev–Trinajstić information content (AvgIpc) is 2.74. The first-order chi connectivity index (χ1) is 14.1. The van der Waals surface area contributed by atoms with Gasteiger partial charge in [-0.1, -0.05) is 11.6 Å². The van der Waals surface area contributed by atoms with Crippen LogP contribution in [0.5, 0.6) is 5.75 Å². The maximum Gasteiger partial charge on any atom is 0.387 e. The van der Waals surface area contributed by atoms with Crippen molar-refractivity contribution in [3.05, 3.63) is 35.9 Å². The molecule has 168 valence electrons. The number of hydrogen-bond donors (Lipinski definition) is 2. The molecule has 2 N–H and O–H groups in total. The molecule has 3 rings (SSSR count). The topological polar surface area (TPSA) is 58.1 Å². The van der Waals surface area contributed by atoms with E-state index in [2.05, 4.69) is 31.3 Å². The quantitative estimate of drug-likeness (QED) is 0.241. The molecule has 0 amide bonds. The molecule has 2 aliphatic heterocycles. The molecule has 0 aromatic heterocycles. The number of anilines is 1. The lowest BCUT2D eigenvalue weighted by Gasteiger charge is -2.35. The Bertz CT molecular complexity index is 701. The summed E-state index contributed by atoms with van der Waals surface area (Å²) in [5.74, 6) is 0.991. The Balaban J connectivity index is 0.00000320.